The van der Waals surface area contributed by atoms with E-state index in [0.717, 1.165) is 36.5 Å². The van der Waals surface area contributed by atoms with Crippen LogP contribution in [-0.4, -0.2) is 23.1 Å². The Kier molecular flexibility index (Phi) is 2.77. The highest BCUT2D eigenvalue weighted by Gasteiger charge is 2.16. The van der Waals surface area contributed by atoms with Gasteiger partial charge in [0.2, 0.25) is 0 Å². The quantitative estimate of drug-likeness (QED) is 0.853. The van der Waals surface area contributed by atoms with E-state index in [2.05, 4.69) is 34.3 Å². The minimum Gasteiger partial charge on any atom is -0.316 e. The van der Waals surface area contributed by atoms with Crippen LogP contribution in [0.15, 0.2) is 24.3 Å². The molecule has 1 saturated heterocycles. The first-order valence-corrected chi connectivity index (χ1v) is 6.26. The van der Waals surface area contributed by atoms with Crippen molar-refractivity contribution < 1.29 is 0 Å². The monoisotopic (exact) mass is 227 g/mol. The summed E-state index contributed by atoms with van der Waals surface area (Å²) in [5, 5.41) is 4.56. The highest BCUT2D eigenvalue weighted by Crippen LogP contribution is 2.18. The molecule has 1 aliphatic rings. The largest absolute Gasteiger partial charge is 0.316 e. The Labute approximate surface area is 101 Å². The van der Waals surface area contributed by atoms with E-state index in [0.29, 0.717) is 5.92 Å². The Hall–Kier alpha value is -1.48. The van der Waals surface area contributed by atoms with Gasteiger partial charge < -0.3 is 5.32 Å². The second-order valence-electron chi connectivity index (χ2n) is 4.81. The third-order valence-corrected chi connectivity index (χ3v) is 3.47. The van der Waals surface area contributed by atoms with Crippen molar-refractivity contribution >= 4 is 10.9 Å². The summed E-state index contributed by atoms with van der Waals surface area (Å²) in [6.07, 6.45) is 2.24. The van der Waals surface area contributed by atoms with E-state index >= 15 is 0 Å². The first-order chi connectivity index (χ1) is 8.33. The van der Waals surface area contributed by atoms with Gasteiger partial charge in [0.15, 0.2) is 0 Å². The number of nitrogens with zero attached hydrogens (tertiary/aromatic N) is 2. The van der Waals surface area contributed by atoms with Gasteiger partial charge in [-0.25, -0.2) is 9.97 Å². The van der Waals surface area contributed by atoms with Crippen LogP contribution in [0.3, 0.4) is 0 Å². The molecule has 1 aromatic carbocycles. The summed E-state index contributed by atoms with van der Waals surface area (Å²) < 4.78 is 0. The Morgan fingerprint density at radius 2 is 2.18 bits per heavy atom. The second-order valence-corrected chi connectivity index (χ2v) is 4.81. The molecule has 1 atom stereocenters. The summed E-state index contributed by atoms with van der Waals surface area (Å²) in [5.74, 6) is 1.70. The molecule has 1 unspecified atom stereocenters. The molecular weight excluding hydrogens is 210 g/mol. The molecule has 1 fully saturated rings. The van der Waals surface area contributed by atoms with Gasteiger partial charge in [0, 0.05) is 17.5 Å². The zero-order valence-corrected chi connectivity index (χ0v) is 10.1. The van der Waals surface area contributed by atoms with Crippen LogP contribution in [0.25, 0.3) is 10.9 Å². The van der Waals surface area contributed by atoms with Gasteiger partial charge in [0.25, 0.3) is 0 Å². The summed E-state index contributed by atoms with van der Waals surface area (Å²) in [7, 11) is 0. The first kappa shape index (κ1) is 10.7. The van der Waals surface area contributed by atoms with E-state index in [1.54, 1.807) is 0 Å². The van der Waals surface area contributed by atoms with Crippen LogP contribution in [0.2, 0.25) is 0 Å². The van der Waals surface area contributed by atoms with Crippen LogP contribution in [-0.2, 0) is 6.42 Å². The molecule has 88 valence electrons. The molecular formula is C14H17N3. The maximum Gasteiger partial charge on any atom is 0.129 e. The van der Waals surface area contributed by atoms with Crippen molar-refractivity contribution in [2.75, 3.05) is 13.1 Å². The van der Waals surface area contributed by atoms with Crippen molar-refractivity contribution in [1.82, 2.24) is 15.3 Å². The van der Waals surface area contributed by atoms with Gasteiger partial charge in [-0.05, 0) is 38.4 Å². The van der Waals surface area contributed by atoms with E-state index in [-0.39, 0.29) is 0 Å². The molecule has 3 heteroatoms. The molecule has 1 aliphatic heterocycles. The number of aromatic nitrogens is 2. The Bertz CT molecular complexity index is 530. The van der Waals surface area contributed by atoms with Crippen LogP contribution in [0.5, 0.6) is 0 Å². The molecule has 3 rings (SSSR count). The topological polar surface area (TPSA) is 37.8 Å². The summed E-state index contributed by atoms with van der Waals surface area (Å²) in [6, 6.07) is 8.24. The smallest absolute Gasteiger partial charge is 0.129 e. The number of benzene rings is 1. The van der Waals surface area contributed by atoms with E-state index in [9.17, 15) is 0 Å². The van der Waals surface area contributed by atoms with Gasteiger partial charge in [-0.1, -0.05) is 18.2 Å². The Morgan fingerprint density at radius 3 is 3.00 bits per heavy atom. The van der Waals surface area contributed by atoms with E-state index < -0.39 is 0 Å². The highest BCUT2D eigenvalue weighted by atomic mass is 14.9. The van der Waals surface area contributed by atoms with Crippen LogP contribution in [0, 0.1) is 12.8 Å². The fourth-order valence-corrected chi connectivity index (χ4v) is 2.53. The van der Waals surface area contributed by atoms with E-state index in [1.807, 2.05) is 12.1 Å². The lowest BCUT2D eigenvalue weighted by Gasteiger charge is -2.09. The molecule has 0 bridgehead atoms. The minimum atomic E-state index is 0.704. The lowest BCUT2D eigenvalue weighted by molar-refractivity contribution is 0.562. The zero-order chi connectivity index (χ0) is 11.7. The number of para-hydroxylation sites is 1. The van der Waals surface area contributed by atoms with Crippen molar-refractivity contribution in [1.29, 1.82) is 0 Å². The number of fused-ring (bicyclic) bond motifs is 1. The maximum atomic E-state index is 4.66. The third-order valence-electron chi connectivity index (χ3n) is 3.47. The van der Waals surface area contributed by atoms with Crippen molar-refractivity contribution in [2.24, 2.45) is 5.92 Å². The van der Waals surface area contributed by atoms with Gasteiger partial charge >= 0.3 is 0 Å². The molecule has 2 heterocycles. The molecule has 0 spiro atoms. The maximum absolute atomic E-state index is 4.66. The number of hydrogen-bond acceptors (Lipinski definition) is 3. The average molecular weight is 227 g/mol. The summed E-state index contributed by atoms with van der Waals surface area (Å²) in [5.41, 5.74) is 2.16. The van der Waals surface area contributed by atoms with Crippen LogP contribution in [0.1, 0.15) is 17.9 Å². The van der Waals surface area contributed by atoms with Crippen LogP contribution >= 0.6 is 0 Å². The first-order valence-electron chi connectivity index (χ1n) is 6.26. The molecule has 0 amide bonds. The van der Waals surface area contributed by atoms with Gasteiger partial charge in [-0.3, -0.25) is 0 Å². The second kappa shape index (κ2) is 4.41. The van der Waals surface area contributed by atoms with Gasteiger partial charge in [-0.15, -0.1) is 0 Å². The molecule has 1 N–H and O–H groups in total. The predicted molar refractivity (Wildman–Crippen MR) is 69.0 cm³/mol. The van der Waals surface area contributed by atoms with Crippen molar-refractivity contribution in [3.05, 3.63) is 35.8 Å². The predicted octanol–water partition coefficient (Wildman–Crippen LogP) is 2.09. The lowest BCUT2D eigenvalue weighted by Crippen LogP contribution is -2.12. The van der Waals surface area contributed by atoms with E-state index in [4.69, 9.17) is 0 Å². The van der Waals surface area contributed by atoms with Crippen molar-refractivity contribution in [3.8, 4) is 0 Å². The highest BCUT2D eigenvalue weighted by molar-refractivity contribution is 5.80. The van der Waals surface area contributed by atoms with Gasteiger partial charge in [0.1, 0.15) is 5.82 Å². The number of aryl methyl sites for hydroxylation is 1. The molecule has 0 radical (unpaired) electrons. The minimum absolute atomic E-state index is 0.704. The fraction of sp³-hybridized carbons (Fsp3) is 0.429. The van der Waals surface area contributed by atoms with Crippen molar-refractivity contribution in [3.63, 3.8) is 0 Å². The number of rotatable bonds is 2. The molecule has 2 aromatic rings. The van der Waals surface area contributed by atoms with Crippen LogP contribution < -0.4 is 5.32 Å². The van der Waals surface area contributed by atoms with Crippen LogP contribution in [0.4, 0.5) is 0 Å². The van der Waals surface area contributed by atoms with E-state index in [1.165, 1.54) is 11.8 Å². The summed E-state index contributed by atoms with van der Waals surface area (Å²) >= 11 is 0. The molecule has 3 nitrogen and oxygen atoms in total. The summed E-state index contributed by atoms with van der Waals surface area (Å²) in [4.78, 5) is 9.29. The molecule has 17 heavy (non-hydrogen) atoms. The fourth-order valence-electron chi connectivity index (χ4n) is 2.53. The Morgan fingerprint density at radius 1 is 1.29 bits per heavy atom. The van der Waals surface area contributed by atoms with Crippen molar-refractivity contribution in [2.45, 2.75) is 19.8 Å². The standard InChI is InChI=1S/C14H17N3/c1-10-12-4-2-3-5-13(12)17-14(16-10)8-11-6-7-15-9-11/h2-5,11,15H,6-9H2,1H3. The molecule has 0 aliphatic carbocycles. The average Bonchev–Trinajstić information content (AvgIpc) is 2.82. The zero-order valence-electron chi connectivity index (χ0n) is 10.1. The lowest BCUT2D eigenvalue weighted by atomic mass is 10.0. The number of hydrogen-bond donors (Lipinski definition) is 1. The molecule has 1 aromatic heterocycles. The normalized spacial score (nSPS) is 19.9. The SMILES string of the molecule is Cc1nc(CC2CCNC2)nc2ccccc12. The van der Waals surface area contributed by atoms with Gasteiger partial charge in [-0.2, -0.15) is 0 Å². The third kappa shape index (κ3) is 2.15. The number of nitrogens with one attached hydrogen (secondary N) is 1. The Balaban J connectivity index is 1.94. The van der Waals surface area contributed by atoms with Gasteiger partial charge in [0.05, 0.1) is 5.52 Å². The summed E-state index contributed by atoms with van der Waals surface area (Å²) in [6.45, 7) is 4.31. The molecule has 0 saturated carbocycles.